The van der Waals surface area contributed by atoms with Gasteiger partial charge >= 0.3 is 0 Å². The molecule has 0 aromatic carbocycles. The SMILES string of the molecule is CC(C)=C(C[Si](C)(C)C)C(=O)C(C)(C)C. The smallest absolute Gasteiger partial charge is 0.163 e. The van der Waals surface area contributed by atoms with Gasteiger partial charge in [0.15, 0.2) is 5.78 Å². The van der Waals surface area contributed by atoms with Crippen molar-refractivity contribution >= 4 is 13.9 Å². The van der Waals surface area contributed by atoms with Crippen LogP contribution < -0.4 is 0 Å². The van der Waals surface area contributed by atoms with Gasteiger partial charge in [0.05, 0.1) is 0 Å². The van der Waals surface area contributed by atoms with Crippen LogP contribution in [0.4, 0.5) is 0 Å². The van der Waals surface area contributed by atoms with E-state index in [2.05, 4.69) is 33.5 Å². The van der Waals surface area contributed by atoms with Crippen molar-refractivity contribution in [1.29, 1.82) is 0 Å². The van der Waals surface area contributed by atoms with E-state index in [1.54, 1.807) is 0 Å². The lowest BCUT2D eigenvalue weighted by Gasteiger charge is -2.24. The molecule has 2 heteroatoms. The fraction of sp³-hybridized carbons (Fsp3) is 0.769. The van der Waals surface area contributed by atoms with E-state index in [4.69, 9.17) is 0 Å². The van der Waals surface area contributed by atoms with E-state index in [-0.39, 0.29) is 5.41 Å². The normalized spacial score (nSPS) is 12.5. The molecule has 0 saturated heterocycles. The van der Waals surface area contributed by atoms with Crippen LogP contribution in [-0.2, 0) is 4.79 Å². The Balaban J connectivity index is 5.06. The molecule has 0 atom stereocenters. The van der Waals surface area contributed by atoms with Crippen molar-refractivity contribution in [3.05, 3.63) is 11.1 Å². The summed E-state index contributed by atoms with van der Waals surface area (Å²) in [4.78, 5) is 12.2. The zero-order valence-electron chi connectivity index (χ0n) is 11.6. The Kier molecular flexibility index (Phi) is 4.53. The van der Waals surface area contributed by atoms with E-state index in [1.165, 1.54) is 5.57 Å². The fourth-order valence-corrected chi connectivity index (χ4v) is 3.04. The predicted molar refractivity (Wildman–Crippen MR) is 71.0 cm³/mol. The van der Waals surface area contributed by atoms with E-state index in [0.29, 0.717) is 5.78 Å². The summed E-state index contributed by atoms with van der Waals surface area (Å²) < 4.78 is 0. The number of allylic oxidation sites excluding steroid dienone is 2. The van der Waals surface area contributed by atoms with Crippen molar-refractivity contribution in [1.82, 2.24) is 0 Å². The van der Waals surface area contributed by atoms with Crippen LogP contribution >= 0.6 is 0 Å². The van der Waals surface area contributed by atoms with Gasteiger partial charge in [0.2, 0.25) is 0 Å². The quantitative estimate of drug-likeness (QED) is 0.518. The van der Waals surface area contributed by atoms with Crippen molar-refractivity contribution in [2.75, 3.05) is 0 Å². The van der Waals surface area contributed by atoms with Crippen LogP contribution in [-0.4, -0.2) is 13.9 Å². The van der Waals surface area contributed by atoms with Gasteiger partial charge in [0.1, 0.15) is 0 Å². The second-order valence-corrected chi connectivity index (χ2v) is 12.3. The molecule has 0 bridgehead atoms. The molecule has 0 radical (unpaired) electrons. The predicted octanol–water partition coefficient (Wildman–Crippen LogP) is 4.28. The Morgan fingerprint density at radius 2 is 1.47 bits per heavy atom. The van der Waals surface area contributed by atoms with E-state index in [0.717, 1.165) is 11.6 Å². The third-order valence-electron chi connectivity index (χ3n) is 2.27. The third-order valence-corrected chi connectivity index (χ3v) is 3.68. The zero-order valence-corrected chi connectivity index (χ0v) is 12.6. The Morgan fingerprint density at radius 3 is 1.67 bits per heavy atom. The molecule has 15 heavy (non-hydrogen) atoms. The molecule has 0 N–H and O–H groups in total. The topological polar surface area (TPSA) is 17.1 Å². The molecule has 88 valence electrons. The van der Waals surface area contributed by atoms with E-state index >= 15 is 0 Å². The molecule has 0 saturated carbocycles. The third kappa shape index (κ3) is 5.31. The first-order valence-corrected chi connectivity index (χ1v) is 9.37. The van der Waals surface area contributed by atoms with Gasteiger partial charge in [-0.3, -0.25) is 4.79 Å². The van der Waals surface area contributed by atoms with Gasteiger partial charge in [-0.1, -0.05) is 46.0 Å². The lowest BCUT2D eigenvalue weighted by molar-refractivity contribution is -0.122. The lowest BCUT2D eigenvalue weighted by Crippen LogP contribution is -2.29. The minimum Gasteiger partial charge on any atom is -0.294 e. The number of Topliss-reactive ketones (excluding diaryl/α,β-unsaturated/α-hetero) is 1. The fourth-order valence-electron chi connectivity index (χ4n) is 1.47. The van der Waals surface area contributed by atoms with Crippen molar-refractivity contribution in [2.24, 2.45) is 5.41 Å². The maximum absolute atomic E-state index is 12.2. The number of hydrogen-bond acceptors (Lipinski definition) is 1. The van der Waals surface area contributed by atoms with Gasteiger partial charge in [0, 0.05) is 13.5 Å². The number of hydrogen-bond donors (Lipinski definition) is 0. The van der Waals surface area contributed by atoms with Crippen LogP contribution in [0, 0.1) is 5.41 Å². The molecule has 0 unspecified atom stereocenters. The molecule has 0 aliphatic carbocycles. The van der Waals surface area contributed by atoms with Crippen molar-refractivity contribution in [2.45, 2.75) is 60.3 Å². The molecule has 1 nitrogen and oxygen atoms in total. The molecule has 0 heterocycles. The maximum atomic E-state index is 12.2. The summed E-state index contributed by atoms with van der Waals surface area (Å²) in [5.74, 6) is 0.324. The van der Waals surface area contributed by atoms with Gasteiger partial charge < -0.3 is 0 Å². The van der Waals surface area contributed by atoms with Crippen LogP contribution in [0.15, 0.2) is 11.1 Å². The maximum Gasteiger partial charge on any atom is 0.163 e. The molecular formula is C13H26OSi. The van der Waals surface area contributed by atoms with Gasteiger partial charge in [-0.15, -0.1) is 0 Å². The highest BCUT2D eigenvalue weighted by Gasteiger charge is 2.28. The molecule has 0 amide bonds. The standard InChI is InChI=1S/C13H26OSi/c1-10(2)11(9-15(6,7)8)12(14)13(3,4)5/h9H2,1-8H3. The highest BCUT2D eigenvalue weighted by molar-refractivity contribution is 6.77. The van der Waals surface area contributed by atoms with Crippen LogP contribution in [0.3, 0.4) is 0 Å². The summed E-state index contributed by atoms with van der Waals surface area (Å²) in [6.45, 7) is 17.1. The Bertz CT molecular complexity index is 270. The van der Waals surface area contributed by atoms with Gasteiger partial charge in [-0.05, 0) is 25.5 Å². The lowest BCUT2D eigenvalue weighted by atomic mass is 9.85. The molecule has 0 aromatic rings. The first kappa shape index (κ1) is 14.6. The second-order valence-electron chi connectivity index (χ2n) is 6.80. The van der Waals surface area contributed by atoms with Gasteiger partial charge in [0.25, 0.3) is 0 Å². The van der Waals surface area contributed by atoms with Crippen molar-refractivity contribution in [3.63, 3.8) is 0 Å². The molecule has 0 aliphatic rings. The van der Waals surface area contributed by atoms with Crippen LogP contribution in [0.25, 0.3) is 0 Å². The van der Waals surface area contributed by atoms with Crippen LogP contribution in [0.2, 0.25) is 25.7 Å². The summed E-state index contributed by atoms with van der Waals surface area (Å²) in [6.07, 6.45) is 0. The molecule has 0 aliphatic heterocycles. The molecule has 0 fully saturated rings. The van der Waals surface area contributed by atoms with Gasteiger partial charge in [-0.2, -0.15) is 0 Å². The Labute approximate surface area is 96.0 Å². The zero-order chi connectivity index (χ0) is 12.4. The Morgan fingerprint density at radius 1 is 1.07 bits per heavy atom. The van der Waals surface area contributed by atoms with E-state index < -0.39 is 8.07 Å². The number of rotatable bonds is 3. The summed E-state index contributed by atoms with van der Waals surface area (Å²) in [7, 11) is -1.20. The average molecular weight is 226 g/mol. The van der Waals surface area contributed by atoms with Crippen LogP contribution in [0.5, 0.6) is 0 Å². The Hall–Kier alpha value is -0.373. The molecule has 0 rings (SSSR count). The average Bonchev–Trinajstić information content (AvgIpc) is 1.94. The van der Waals surface area contributed by atoms with Crippen LogP contribution in [0.1, 0.15) is 34.6 Å². The summed E-state index contributed by atoms with van der Waals surface area (Å²) >= 11 is 0. The van der Waals surface area contributed by atoms with E-state index in [1.807, 2.05) is 20.8 Å². The minimum atomic E-state index is -1.20. The molecule has 0 aromatic heterocycles. The van der Waals surface area contributed by atoms with Crippen molar-refractivity contribution < 1.29 is 4.79 Å². The summed E-state index contributed by atoms with van der Waals surface area (Å²) in [5, 5.41) is 0. The number of carbonyl (C=O) groups is 1. The van der Waals surface area contributed by atoms with Crippen molar-refractivity contribution in [3.8, 4) is 0 Å². The largest absolute Gasteiger partial charge is 0.294 e. The first-order valence-electron chi connectivity index (χ1n) is 5.66. The first-order chi connectivity index (χ1) is 6.45. The number of ketones is 1. The summed E-state index contributed by atoms with van der Waals surface area (Å²) in [5.41, 5.74) is 2.02. The second kappa shape index (κ2) is 4.65. The highest BCUT2D eigenvalue weighted by atomic mass is 28.3. The monoisotopic (exact) mass is 226 g/mol. The van der Waals surface area contributed by atoms with Gasteiger partial charge in [-0.25, -0.2) is 0 Å². The molecular weight excluding hydrogens is 200 g/mol. The molecule has 0 spiro atoms. The van der Waals surface area contributed by atoms with E-state index in [9.17, 15) is 4.79 Å². The summed E-state index contributed by atoms with van der Waals surface area (Å²) in [6, 6.07) is 1.01. The number of carbonyl (C=O) groups excluding carboxylic acids is 1. The highest BCUT2D eigenvalue weighted by Crippen LogP contribution is 2.28. The minimum absolute atomic E-state index is 0.244.